The molecule has 1 fully saturated rings. The molecule has 16 heavy (non-hydrogen) atoms. The summed E-state index contributed by atoms with van der Waals surface area (Å²) in [5, 5.41) is 4.96. The van der Waals surface area contributed by atoms with Crippen molar-refractivity contribution in [1.82, 2.24) is 10.3 Å². The molecule has 1 aromatic heterocycles. The molecule has 0 radical (unpaired) electrons. The van der Waals surface area contributed by atoms with Crippen LogP contribution in [-0.4, -0.2) is 11.0 Å². The minimum atomic E-state index is 0.661. The molecule has 0 aliphatic heterocycles. The highest BCUT2D eigenvalue weighted by molar-refractivity contribution is 7.11. The van der Waals surface area contributed by atoms with E-state index in [0.717, 1.165) is 12.5 Å². The highest BCUT2D eigenvalue weighted by atomic mass is 32.1. The van der Waals surface area contributed by atoms with E-state index in [-0.39, 0.29) is 0 Å². The number of hydrogen-bond donors (Lipinski definition) is 1. The summed E-state index contributed by atoms with van der Waals surface area (Å²) in [6.07, 6.45) is 13.1. The standard InChI is InChI=1S/C13H18N2S/c1-2-7-11(6-1)14-8-12-9-15-13(16-12)10-4-3-5-10/h1-2,9-11,14H,3-8H2. The maximum absolute atomic E-state index is 4.55. The minimum absolute atomic E-state index is 0.661. The summed E-state index contributed by atoms with van der Waals surface area (Å²) in [4.78, 5) is 5.94. The van der Waals surface area contributed by atoms with Crippen LogP contribution in [0.1, 0.15) is 47.9 Å². The Kier molecular flexibility index (Phi) is 3.06. The summed E-state index contributed by atoms with van der Waals surface area (Å²) >= 11 is 1.91. The van der Waals surface area contributed by atoms with Gasteiger partial charge in [-0.1, -0.05) is 18.6 Å². The second-order valence-corrected chi connectivity index (χ2v) is 5.96. The minimum Gasteiger partial charge on any atom is -0.308 e. The van der Waals surface area contributed by atoms with E-state index in [1.165, 1.54) is 42.0 Å². The zero-order valence-electron chi connectivity index (χ0n) is 9.48. The lowest BCUT2D eigenvalue weighted by Crippen LogP contribution is -2.25. The molecular weight excluding hydrogens is 216 g/mol. The SMILES string of the molecule is C1=CCC(NCc2cnc(C3CCC3)s2)C1. The van der Waals surface area contributed by atoms with Crippen molar-refractivity contribution in [2.24, 2.45) is 0 Å². The molecule has 0 amide bonds. The third-order valence-corrected chi connectivity index (χ3v) is 4.76. The van der Waals surface area contributed by atoms with Crippen molar-refractivity contribution in [2.75, 3.05) is 0 Å². The second kappa shape index (κ2) is 4.68. The zero-order chi connectivity index (χ0) is 10.8. The average Bonchev–Trinajstić information content (AvgIpc) is 2.81. The topological polar surface area (TPSA) is 24.9 Å². The van der Waals surface area contributed by atoms with Gasteiger partial charge in [-0.15, -0.1) is 11.3 Å². The lowest BCUT2D eigenvalue weighted by atomic mass is 9.86. The Hall–Kier alpha value is -0.670. The van der Waals surface area contributed by atoms with Crippen molar-refractivity contribution in [3.05, 3.63) is 28.2 Å². The monoisotopic (exact) mass is 234 g/mol. The van der Waals surface area contributed by atoms with Gasteiger partial charge in [-0.25, -0.2) is 4.98 Å². The number of hydrogen-bond acceptors (Lipinski definition) is 3. The summed E-state index contributed by atoms with van der Waals surface area (Å²) in [7, 11) is 0. The second-order valence-electron chi connectivity index (χ2n) is 4.81. The van der Waals surface area contributed by atoms with E-state index in [9.17, 15) is 0 Å². The summed E-state index contributed by atoms with van der Waals surface area (Å²) in [5.74, 6) is 0.784. The van der Waals surface area contributed by atoms with E-state index in [2.05, 4.69) is 28.6 Å². The first kappa shape index (κ1) is 10.5. The van der Waals surface area contributed by atoms with Crippen molar-refractivity contribution in [3.8, 4) is 0 Å². The molecule has 3 heteroatoms. The molecule has 0 bridgehead atoms. The Morgan fingerprint density at radius 3 is 2.81 bits per heavy atom. The maximum atomic E-state index is 4.55. The van der Waals surface area contributed by atoms with Crippen LogP contribution in [0.4, 0.5) is 0 Å². The Bertz CT molecular complexity index is 371. The van der Waals surface area contributed by atoms with Crippen LogP contribution in [0.2, 0.25) is 0 Å². The first-order valence-electron chi connectivity index (χ1n) is 6.25. The highest BCUT2D eigenvalue weighted by Gasteiger charge is 2.22. The lowest BCUT2D eigenvalue weighted by molar-refractivity contribution is 0.418. The summed E-state index contributed by atoms with van der Waals surface area (Å²) in [6.45, 7) is 0.997. The van der Waals surface area contributed by atoms with Crippen molar-refractivity contribution >= 4 is 11.3 Å². The molecular formula is C13H18N2S. The molecule has 2 aliphatic carbocycles. The molecule has 3 rings (SSSR count). The van der Waals surface area contributed by atoms with E-state index in [1.54, 1.807) is 0 Å². The van der Waals surface area contributed by atoms with Gasteiger partial charge in [0.25, 0.3) is 0 Å². The van der Waals surface area contributed by atoms with Crippen LogP contribution in [0.25, 0.3) is 0 Å². The fraction of sp³-hybridized carbons (Fsp3) is 0.615. The third-order valence-electron chi connectivity index (χ3n) is 3.60. The van der Waals surface area contributed by atoms with Gasteiger partial charge in [0.05, 0.1) is 5.01 Å². The Labute approximate surface area is 101 Å². The van der Waals surface area contributed by atoms with Gasteiger partial charge in [-0.2, -0.15) is 0 Å². The molecule has 2 aliphatic rings. The molecule has 0 unspecified atom stereocenters. The molecule has 0 aromatic carbocycles. The Balaban J connectivity index is 1.51. The third kappa shape index (κ3) is 2.20. The number of nitrogens with zero attached hydrogens (tertiary/aromatic N) is 1. The van der Waals surface area contributed by atoms with E-state index in [4.69, 9.17) is 0 Å². The zero-order valence-corrected chi connectivity index (χ0v) is 10.3. The number of nitrogens with one attached hydrogen (secondary N) is 1. The van der Waals surface area contributed by atoms with E-state index in [0.29, 0.717) is 6.04 Å². The van der Waals surface area contributed by atoms with Gasteiger partial charge in [0.15, 0.2) is 0 Å². The largest absolute Gasteiger partial charge is 0.308 e. The molecule has 0 atom stereocenters. The van der Waals surface area contributed by atoms with Gasteiger partial charge in [0, 0.05) is 29.6 Å². The fourth-order valence-corrected chi connectivity index (χ4v) is 3.31. The molecule has 2 nitrogen and oxygen atoms in total. The van der Waals surface area contributed by atoms with E-state index >= 15 is 0 Å². The average molecular weight is 234 g/mol. The van der Waals surface area contributed by atoms with Gasteiger partial charge in [-0.3, -0.25) is 0 Å². The molecule has 0 spiro atoms. The van der Waals surface area contributed by atoms with Gasteiger partial charge in [-0.05, 0) is 25.7 Å². The van der Waals surface area contributed by atoms with Gasteiger partial charge >= 0.3 is 0 Å². The van der Waals surface area contributed by atoms with Crippen LogP contribution in [0.3, 0.4) is 0 Å². The van der Waals surface area contributed by atoms with Gasteiger partial charge in [0.2, 0.25) is 0 Å². The van der Waals surface area contributed by atoms with Crippen molar-refractivity contribution in [2.45, 2.75) is 50.6 Å². The van der Waals surface area contributed by atoms with Crippen LogP contribution < -0.4 is 5.32 Å². The number of aromatic nitrogens is 1. The molecule has 86 valence electrons. The first-order valence-corrected chi connectivity index (χ1v) is 7.06. The van der Waals surface area contributed by atoms with Crippen LogP contribution in [-0.2, 0) is 6.54 Å². The quantitative estimate of drug-likeness (QED) is 0.809. The smallest absolute Gasteiger partial charge is 0.0959 e. The van der Waals surface area contributed by atoms with Crippen molar-refractivity contribution in [1.29, 1.82) is 0 Å². The highest BCUT2D eigenvalue weighted by Crippen LogP contribution is 2.38. The number of rotatable bonds is 4. The maximum Gasteiger partial charge on any atom is 0.0959 e. The molecule has 1 saturated carbocycles. The fourth-order valence-electron chi connectivity index (χ4n) is 2.28. The van der Waals surface area contributed by atoms with Crippen LogP contribution in [0, 0.1) is 0 Å². The summed E-state index contributed by atoms with van der Waals surface area (Å²) < 4.78 is 0. The van der Waals surface area contributed by atoms with Gasteiger partial charge in [0.1, 0.15) is 0 Å². The van der Waals surface area contributed by atoms with Crippen LogP contribution in [0.15, 0.2) is 18.3 Å². The number of thiazole rings is 1. The summed E-state index contributed by atoms with van der Waals surface area (Å²) in [5.41, 5.74) is 0. The van der Waals surface area contributed by atoms with E-state index < -0.39 is 0 Å². The molecule has 0 saturated heterocycles. The predicted molar refractivity (Wildman–Crippen MR) is 67.7 cm³/mol. The van der Waals surface area contributed by atoms with Crippen molar-refractivity contribution in [3.63, 3.8) is 0 Å². The lowest BCUT2D eigenvalue weighted by Gasteiger charge is -2.22. The molecule has 1 N–H and O–H groups in total. The normalized spacial score (nSPS) is 21.5. The Morgan fingerprint density at radius 1 is 1.31 bits per heavy atom. The van der Waals surface area contributed by atoms with E-state index in [1.807, 2.05) is 11.3 Å². The van der Waals surface area contributed by atoms with Crippen LogP contribution in [0.5, 0.6) is 0 Å². The van der Waals surface area contributed by atoms with Gasteiger partial charge < -0.3 is 5.32 Å². The Morgan fingerprint density at radius 2 is 2.12 bits per heavy atom. The predicted octanol–water partition coefficient (Wildman–Crippen LogP) is 3.22. The first-order chi connectivity index (χ1) is 7.92. The summed E-state index contributed by atoms with van der Waals surface area (Å²) in [6, 6.07) is 0.661. The van der Waals surface area contributed by atoms with Crippen LogP contribution >= 0.6 is 11.3 Å². The molecule has 1 aromatic rings. The molecule has 1 heterocycles. The van der Waals surface area contributed by atoms with Crippen molar-refractivity contribution < 1.29 is 0 Å².